The zero-order chi connectivity index (χ0) is 17.8. The van der Waals surface area contributed by atoms with E-state index in [1.807, 2.05) is 44.2 Å². The minimum Gasteiger partial charge on any atom is -0.484 e. The van der Waals surface area contributed by atoms with E-state index >= 15 is 0 Å². The highest BCUT2D eigenvalue weighted by atomic mass is 16.5. The van der Waals surface area contributed by atoms with E-state index in [-0.39, 0.29) is 24.6 Å². The molecule has 1 aliphatic heterocycles. The lowest BCUT2D eigenvalue weighted by atomic mass is 10.1. The molecule has 1 heterocycles. The first-order valence-electron chi connectivity index (χ1n) is 8.26. The molecule has 2 aromatic carbocycles. The van der Waals surface area contributed by atoms with Crippen LogP contribution < -0.4 is 15.5 Å². The zero-order valence-corrected chi connectivity index (χ0v) is 14.3. The highest BCUT2D eigenvalue weighted by Gasteiger charge is 2.32. The number of nitrogens with zero attached hydrogens (tertiary/aromatic N) is 1. The molecule has 0 fully saturated rings. The Bertz CT molecular complexity index is 791. The Morgan fingerprint density at radius 2 is 2.04 bits per heavy atom. The van der Waals surface area contributed by atoms with Gasteiger partial charge < -0.3 is 10.1 Å². The third-order valence-electron chi connectivity index (χ3n) is 4.00. The number of hydrazine groups is 1. The fourth-order valence-electron chi connectivity index (χ4n) is 2.74. The Morgan fingerprint density at radius 3 is 2.80 bits per heavy atom. The molecule has 3 rings (SSSR count). The Kier molecular flexibility index (Phi) is 4.88. The van der Waals surface area contributed by atoms with Gasteiger partial charge in [-0.2, -0.15) is 0 Å². The predicted molar refractivity (Wildman–Crippen MR) is 95.1 cm³/mol. The molecule has 2 aromatic rings. The molecule has 1 aliphatic rings. The van der Waals surface area contributed by atoms with Crippen molar-refractivity contribution in [3.63, 3.8) is 0 Å². The van der Waals surface area contributed by atoms with Gasteiger partial charge in [0.1, 0.15) is 11.9 Å². The Labute approximate surface area is 146 Å². The lowest BCUT2D eigenvalue weighted by Gasteiger charge is -2.37. The lowest BCUT2D eigenvalue weighted by molar-refractivity contribution is -0.127. The number of hydrogen-bond donors (Lipinski definition) is 2. The van der Waals surface area contributed by atoms with E-state index in [9.17, 15) is 9.59 Å². The van der Waals surface area contributed by atoms with Crippen molar-refractivity contribution in [3.8, 4) is 5.75 Å². The number of hydrogen-bond acceptors (Lipinski definition) is 4. The van der Waals surface area contributed by atoms with Crippen LogP contribution in [0.3, 0.4) is 0 Å². The fraction of sp³-hybridized carbons (Fsp3) is 0.263. The second-order valence-electron chi connectivity index (χ2n) is 5.93. The van der Waals surface area contributed by atoms with E-state index < -0.39 is 0 Å². The summed E-state index contributed by atoms with van der Waals surface area (Å²) in [6.07, 6.45) is 0.351. The van der Waals surface area contributed by atoms with Crippen molar-refractivity contribution in [1.82, 2.24) is 10.4 Å². The van der Waals surface area contributed by atoms with Crippen molar-refractivity contribution < 1.29 is 14.3 Å². The maximum Gasteiger partial charge on any atom is 0.276 e. The average Bonchev–Trinajstić information content (AvgIpc) is 2.62. The van der Waals surface area contributed by atoms with Crippen LogP contribution in [0.15, 0.2) is 48.5 Å². The molecule has 0 saturated carbocycles. The molecule has 6 heteroatoms. The highest BCUT2D eigenvalue weighted by molar-refractivity contribution is 6.02. The zero-order valence-electron chi connectivity index (χ0n) is 14.3. The topological polar surface area (TPSA) is 70.7 Å². The second kappa shape index (κ2) is 7.25. The Balaban J connectivity index is 1.66. The SMILES string of the molecule is CCC1Nc2ccccc2C(=O)N1NC(=O)COc1cccc(C)c1. The van der Waals surface area contributed by atoms with Gasteiger partial charge in [0.05, 0.1) is 5.56 Å². The predicted octanol–water partition coefficient (Wildman–Crippen LogP) is 2.71. The Morgan fingerprint density at radius 1 is 1.24 bits per heavy atom. The number of aryl methyl sites for hydroxylation is 1. The molecule has 2 N–H and O–H groups in total. The molecule has 25 heavy (non-hydrogen) atoms. The second-order valence-corrected chi connectivity index (χ2v) is 5.93. The first-order valence-corrected chi connectivity index (χ1v) is 8.26. The van der Waals surface area contributed by atoms with Crippen molar-refractivity contribution in [3.05, 3.63) is 59.7 Å². The van der Waals surface area contributed by atoms with E-state index in [2.05, 4.69) is 10.7 Å². The molecular formula is C19H21N3O3. The summed E-state index contributed by atoms with van der Waals surface area (Å²) in [4.78, 5) is 24.9. The normalized spacial score (nSPS) is 16.0. The van der Waals surface area contributed by atoms with Crippen molar-refractivity contribution in [2.75, 3.05) is 11.9 Å². The maximum absolute atomic E-state index is 12.7. The molecule has 130 valence electrons. The van der Waals surface area contributed by atoms with E-state index in [1.165, 1.54) is 5.01 Å². The van der Waals surface area contributed by atoms with Crippen LogP contribution in [0.25, 0.3) is 0 Å². The van der Waals surface area contributed by atoms with Crippen LogP contribution in [0.4, 0.5) is 5.69 Å². The van der Waals surface area contributed by atoms with E-state index in [0.29, 0.717) is 17.7 Å². The summed E-state index contributed by atoms with van der Waals surface area (Å²) in [5.41, 5.74) is 5.02. The molecule has 0 saturated heterocycles. The van der Waals surface area contributed by atoms with Crippen molar-refractivity contribution in [2.45, 2.75) is 26.4 Å². The third-order valence-corrected chi connectivity index (χ3v) is 4.00. The van der Waals surface area contributed by atoms with E-state index in [4.69, 9.17) is 4.74 Å². The number of fused-ring (bicyclic) bond motifs is 1. The summed E-state index contributed by atoms with van der Waals surface area (Å²) >= 11 is 0. The summed E-state index contributed by atoms with van der Waals surface area (Å²) in [5.74, 6) is 0.00947. The quantitative estimate of drug-likeness (QED) is 0.879. The summed E-state index contributed by atoms with van der Waals surface area (Å²) in [5, 5.41) is 4.60. The van der Waals surface area contributed by atoms with Crippen molar-refractivity contribution in [2.24, 2.45) is 0 Å². The van der Waals surface area contributed by atoms with Crippen molar-refractivity contribution in [1.29, 1.82) is 0 Å². The van der Waals surface area contributed by atoms with Crippen LogP contribution in [0.5, 0.6) is 5.75 Å². The van der Waals surface area contributed by atoms with Crippen LogP contribution in [-0.2, 0) is 4.79 Å². The number of nitrogens with one attached hydrogen (secondary N) is 2. The Hall–Kier alpha value is -3.02. The minimum atomic E-state index is -0.380. The summed E-state index contributed by atoms with van der Waals surface area (Å²) in [7, 11) is 0. The van der Waals surface area contributed by atoms with Gasteiger partial charge in [0.25, 0.3) is 11.8 Å². The number of benzene rings is 2. The monoisotopic (exact) mass is 339 g/mol. The lowest BCUT2D eigenvalue weighted by Crippen LogP contribution is -2.57. The van der Waals surface area contributed by atoms with Crippen LogP contribution in [0, 0.1) is 6.92 Å². The van der Waals surface area contributed by atoms with Crippen LogP contribution in [0.1, 0.15) is 29.3 Å². The molecule has 2 amide bonds. The van der Waals surface area contributed by atoms with Crippen LogP contribution in [0.2, 0.25) is 0 Å². The molecule has 6 nitrogen and oxygen atoms in total. The smallest absolute Gasteiger partial charge is 0.276 e. The van der Waals surface area contributed by atoms with Gasteiger partial charge in [-0.25, -0.2) is 5.01 Å². The van der Waals surface area contributed by atoms with Crippen molar-refractivity contribution >= 4 is 17.5 Å². The minimum absolute atomic E-state index is 0.161. The number of carbonyl (C=O) groups excluding carboxylic acids is 2. The number of para-hydroxylation sites is 1. The number of ether oxygens (including phenoxy) is 1. The van der Waals surface area contributed by atoms with Gasteiger partial charge in [-0.1, -0.05) is 31.2 Å². The standard InChI is InChI=1S/C19H21N3O3/c1-3-17-20-16-10-5-4-9-15(16)19(24)22(17)21-18(23)12-25-14-8-6-7-13(2)11-14/h4-11,17,20H,3,12H2,1-2H3,(H,21,23). The van der Waals surface area contributed by atoms with Gasteiger partial charge in [0.2, 0.25) is 0 Å². The van der Waals surface area contributed by atoms with Gasteiger partial charge in [-0.05, 0) is 43.2 Å². The van der Waals surface area contributed by atoms with Gasteiger partial charge >= 0.3 is 0 Å². The van der Waals surface area contributed by atoms with E-state index in [0.717, 1.165) is 11.3 Å². The number of amides is 2. The molecule has 0 bridgehead atoms. The molecule has 1 atom stereocenters. The first kappa shape index (κ1) is 16.8. The van der Waals surface area contributed by atoms with Gasteiger partial charge in [-0.15, -0.1) is 0 Å². The summed E-state index contributed by atoms with van der Waals surface area (Å²) < 4.78 is 5.49. The molecular weight excluding hydrogens is 318 g/mol. The summed E-state index contributed by atoms with van der Waals surface area (Å²) in [6.45, 7) is 3.74. The molecule has 1 unspecified atom stereocenters. The van der Waals surface area contributed by atoms with Gasteiger partial charge in [0.15, 0.2) is 6.61 Å². The van der Waals surface area contributed by atoms with Crippen LogP contribution >= 0.6 is 0 Å². The van der Waals surface area contributed by atoms with Gasteiger partial charge in [0, 0.05) is 5.69 Å². The largest absolute Gasteiger partial charge is 0.484 e. The molecule has 0 spiro atoms. The number of carbonyl (C=O) groups is 2. The number of rotatable bonds is 5. The average molecular weight is 339 g/mol. The summed E-state index contributed by atoms with van der Waals surface area (Å²) in [6, 6.07) is 14.7. The van der Waals surface area contributed by atoms with Gasteiger partial charge in [-0.3, -0.25) is 15.0 Å². The highest BCUT2D eigenvalue weighted by Crippen LogP contribution is 2.25. The first-order chi connectivity index (χ1) is 12.1. The van der Waals surface area contributed by atoms with Crippen LogP contribution in [-0.4, -0.2) is 29.6 Å². The maximum atomic E-state index is 12.7. The fourth-order valence-corrected chi connectivity index (χ4v) is 2.74. The number of anilines is 1. The molecule has 0 radical (unpaired) electrons. The molecule has 0 aromatic heterocycles. The van der Waals surface area contributed by atoms with E-state index in [1.54, 1.807) is 18.2 Å². The third kappa shape index (κ3) is 3.74. The molecule has 0 aliphatic carbocycles.